The molecule has 3 rings (SSSR count). The minimum atomic E-state index is -3.62. The molecule has 2 heterocycles. The van der Waals surface area contributed by atoms with Crippen LogP contribution in [0.3, 0.4) is 0 Å². The van der Waals surface area contributed by atoms with E-state index in [1.165, 1.54) is 34.9 Å². The minimum Gasteiger partial charge on any atom is -0.495 e. The zero-order valence-electron chi connectivity index (χ0n) is 14.6. The van der Waals surface area contributed by atoms with Crippen LogP contribution in [0, 0.1) is 0 Å². The lowest BCUT2D eigenvalue weighted by atomic mass is 10.3. The molecular formula is C17H21N3O4S2. The lowest BCUT2D eigenvalue weighted by molar-refractivity contribution is 0.103. The van der Waals surface area contributed by atoms with E-state index < -0.39 is 10.0 Å². The number of anilines is 1. The second-order valence-electron chi connectivity index (χ2n) is 6.00. The number of ether oxygens (including phenoxy) is 1. The van der Waals surface area contributed by atoms with Gasteiger partial charge < -0.3 is 15.0 Å². The van der Waals surface area contributed by atoms with Crippen molar-refractivity contribution in [2.24, 2.45) is 0 Å². The molecule has 1 aromatic carbocycles. The molecule has 0 radical (unpaired) electrons. The number of sulfonamides is 1. The van der Waals surface area contributed by atoms with Crippen molar-refractivity contribution >= 4 is 33.0 Å². The van der Waals surface area contributed by atoms with Crippen LogP contribution in [-0.4, -0.2) is 63.9 Å². The molecule has 0 unspecified atom stereocenters. The molecule has 0 bridgehead atoms. The summed E-state index contributed by atoms with van der Waals surface area (Å²) in [6.07, 6.45) is 0. The maximum atomic E-state index is 12.9. The molecule has 0 spiro atoms. The predicted octanol–water partition coefficient (Wildman–Crippen LogP) is 1.95. The number of benzene rings is 1. The van der Waals surface area contributed by atoms with E-state index in [1.54, 1.807) is 23.6 Å². The van der Waals surface area contributed by atoms with Gasteiger partial charge in [0.1, 0.15) is 5.75 Å². The van der Waals surface area contributed by atoms with Crippen LogP contribution >= 0.6 is 11.3 Å². The average Bonchev–Trinajstić information content (AvgIpc) is 3.17. The monoisotopic (exact) mass is 395 g/mol. The van der Waals surface area contributed by atoms with E-state index >= 15 is 0 Å². The van der Waals surface area contributed by atoms with Gasteiger partial charge in [-0.1, -0.05) is 6.07 Å². The zero-order valence-corrected chi connectivity index (χ0v) is 16.3. The molecule has 1 saturated heterocycles. The molecule has 9 heteroatoms. The maximum Gasteiger partial charge on any atom is 0.265 e. The van der Waals surface area contributed by atoms with Crippen LogP contribution in [-0.2, 0) is 10.0 Å². The molecule has 0 saturated carbocycles. The van der Waals surface area contributed by atoms with Crippen LogP contribution in [0.4, 0.5) is 5.69 Å². The van der Waals surface area contributed by atoms with Crippen LogP contribution in [0.2, 0.25) is 0 Å². The molecule has 7 nitrogen and oxygen atoms in total. The van der Waals surface area contributed by atoms with Gasteiger partial charge in [0.2, 0.25) is 10.0 Å². The Balaban J connectivity index is 1.88. The summed E-state index contributed by atoms with van der Waals surface area (Å²) in [6.45, 7) is 2.28. The number of likely N-dealkylation sites (N-methyl/N-ethyl adjacent to an activating group) is 1. The smallest absolute Gasteiger partial charge is 0.265 e. The molecule has 1 aliphatic heterocycles. The first-order valence-corrected chi connectivity index (χ1v) is 10.5. The van der Waals surface area contributed by atoms with Gasteiger partial charge in [-0.3, -0.25) is 4.79 Å². The predicted molar refractivity (Wildman–Crippen MR) is 102 cm³/mol. The first-order valence-electron chi connectivity index (χ1n) is 8.13. The number of carbonyl (C=O) groups excluding carboxylic acids is 1. The van der Waals surface area contributed by atoms with E-state index in [-0.39, 0.29) is 10.8 Å². The van der Waals surface area contributed by atoms with Crippen molar-refractivity contribution in [3.8, 4) is 5.75 Å². The third kappa shape index (κ3) is 3.90. The summed E-state index contributed by atoms with van der Waals surface area (Å²) in [5, 5.41) is 4.55. The Hall–Kier alpha value is -1.94. The third-order valence-corrected chi connectivity index (χ3v) is 7.03. The van der Waals surface area contributed by atoms with Crippen molar-refractivity contribution in [3.05, 3.63) is 40.6 Å². The Kier molecular flexibility index (Phi) is 5.61. The van der Waals surface area contributed by atoms with Crippen molar-refractivity contribution in [2.75, 3.05) is 45.7 Å². The summed E-state index contributed by atoms with van der Waals surface area (Å²) in [7, 11) is -0.175. The van der Waals surface area contributed by atoms with Gasteiger partial charge in [0.05, 0.1) is 22.6 Å². The number of hydrogen-bond acceptors (Lipinski definition) is 6. The number of rotatable bonds is 5. The first kappa shape index (κ1) is 18.8. The summed E-state index contributed by atoms with van der Waals surface area (Å²) in [6, 6.07) is 8.01. The molecule has 140 valence electrons. The van der Waals surface area contributed by atoms with Crippen molar-refractivity contribution in [1.29, 1.82) is 0 Å². The summed E-state index contributed by atoms with van der Waals surface area (Å²) in [5.41, 5.74) is 0.334. The van der Waals surface area contributed by atoms with E-state index in [0.29, 0.717) is 42.5 Å². The average molecular weight is 396 g/mol. The van der Waals surface area contributed by atoms with Crippen molar-refractivity contribution in [3.63, 3.8) is 0 Å². The van der Waals surface area contributed by atoms with Gasteiger partial charge in [-0.2, -0.15) is 4.31 Å². The largest absolute Gasteiger partial charge is 0.495 e. The second-order valence-corrected chi connectivity index (χ2v) is 8.89. The van der Waals surface area contributed by atoms with E-state index in [4.69, 9.17) is 4.74 Å². The van der Waals surface area contributed by atoms with Gasteiger partial charge in [-0.05, 0) is 36.7 Å². The number of amides is 1. The minimum absolute atomic E-state index is 0.143. The quantitative estimate of drug-likeness (QED) is 0.837. The van der Waals surface area contributed by atoms with Gasteiger partial charge in [-0.15, -0.1) is 11.3 Å². The fourth-order valence-electron chi connectivity index (χ4n) is 2.71. The molecule has 0 atom stereocenters. The fourth-order valence-corrected chi connectivity index (χ4v) is 4.78. The van der Waals surface area contributed by atoms with E-state index in [9.17, 15) is 13.2 Å². The van der Waals surface area contributed by atoms with Crippen molar-refractivity contribution in [2.45, 2.75) is 4.90 Å². The van der Waals surface area contributed by atoms with Crippen LogP contribution in [0.25, 0.3) is 0 Å². The third-order valence-electron chi connectivity index (χ3n) is 4.26. The number of thiophene rings is 1. The standard InChI is InChI=1S/C17H21N3O4S2/c1-19-7-9-20(10-8-19)26(22,23)13-5-6-15(24-2)14(12-13)18-17(21)16-4-3-11-25-16/h3-6,11-12H,7-10H2,1-2H3,(H,18,21). The molecule has 0 aliphatic carbocycles. The van der Waals surface area contributed by atoms with Crippen LogP contribution in [0.5, 0.6) is 5.75 Å². The van der Waals surface area contributed by atoms with Crippen LogP contribution in [0.1, 0.15) is 9.67 Å². The van der Waals surface area contributed by atoms with Crippen LogP contribution in [0.15, 0.2) is 40.6 Å². The van der Waals surface area contributed by atoms with Crippen molar-refractivity contribution in [1.82, 2.24) is 9.21 Å². The highest BCUT2D eigenvalue weighted by atomic mass is 32.2. The SMILES string of the molecule is COc1ccc(S(=O)(=O)N2CCN(C)CC2)cc1NC(=O)c1cccs1. The molecule has 1 N–H and O–H groups in total. The Morgan fingerprint density at radius 2 is 1.92 bits per heavy atom. The summed E-state index contributed by atoms with van der Waals surface area (Å²) in [5.74, 6) is 0.111. The molecule has 1 aliphatic rings. The van der Waals surface area contributed by atoms with Crippen LogP contribution < -0.4 is 10.1 Å². The Morgan fingerprint density at radius 1 is 1.19 bits per heavy atom. The Morgan fingerprint density at radius 3 is 2.54 bits per heavy atom. The Labute approximate surface area is 157 Å². The van der Waals surface area contributed by atoms with Gasteiger partial charge in [-0.25, -0.2) is 8.42 Å². The van der Waals surface area contributed by atoms with E-state index in [1.807, 2.05) is 7.05 Å². The number of methoxy groups -OCH3 is 1. The number of carbonyl (C=O) groups is 1. The number of hydrogen-bond donors (Lipinski definition) is 1. The molecule has 1 aromatic heterocycles. The molecule has 26 heavy (non-hydrogen) atoms. The zero-order chi connectivity index (χ0) is 18.7. The molecule has 2 aromatic rings. The highest BCUT2D eigenvalue weighted by Gasteiger charge is 2.28. The summed E-state index contributed by atoms with van der Waals surface area (Å²) in [4.78, 5) is 15.1. The molecule has 1 fully saturated rings. The lowest BCUT2D eigenvalue weighted by Gasteiger charge is -2.31. The lowest BCUT2D eigenvalue weighted by Crippen LogP contribution is -2.47. The van der Waals surface area contributed by atoms with Gasteiger partial charge >= 0.3 is 0 Å². The Bertz CT molecular complexity index is 873. The summed E-state index contributed by atoms with van der Waals surface area (Å²) >= 11 is 1.31. The normalized spacial score (nSPS) is 16.4. The first-order chi connectivity index (χ1) is 12.4. The van der Waals surface area contributed by atoms with Gasteiger partial charge in [0.15, 0.2) is 0 Å². The van der Waals surface area contributed by atoms with E-state index in [0.717, 1.165) is 0 Å². The second kappa shape index (κ2) is 7.75. The fraction of sp³-hybridized carbons (Fsp3) is 0.353. The van der Waals surface area contributed by atoms with Gasteiger partial charge in [0.25, 0.3) is 5.91 Å². The number of piperazine rings is 1. The van der Waals surface area contributed by atoms with Gasteiger partial charge in [0, 0.05) is 26.2 Å². The summed E-state index contributed by atoms with van der Waals surface area (Å²) < 4.78 is 32.6. The number of nitrogens with zero attached hydrogens (tertiary/aromatic N) is 2. The topological polar surface area (TPSA) is 79.0 Å². The van der Waals surface area contributed by atoms with E-state index in [2.05, 4.69) is 10.2 Å². The molecular weight excluding hydrogens is 374 g/mol. The highest BCUT2D eigenvalue weighted by Crippen LogP contribution is 2.30. The highest BCUT2D eigenvalue weighted by molar-refractivity contribution is 7.89. The number of nitrogens with one attached hydrogen (secondary N) is 1. The molecule has 1 amide bonds. The maximum absolute atomic E-state index is 12.9. The van der Waals surface area contributed by atoms with Crippen molar-refractivity contribution < 1.29 is 17.9 Å².